The normalized spacial score (nSPS) is 10.3. The predicted molar refractivity (Wildman–Crippen MR) is 121 cm³/mol. The Morgan fingerprint density at radius 3 is 2.78 bits per heavy atom. The summed E-state index contributed by atoms with van der Waals surface area (Å²) in [6, 6.07) is 12.5. The molecule has 0 unspecified atom stereocenters. The zero-order chi connectivity index (χ0) is 22.9. The van der Waals surface area contributed by atoms with Crippen LogP contribution in [-0.4, -0.2) is 34.7 Å². The Morgan fingerprint density at radius 2 is 2.06 bits per heavy atom. The van der Waals surface area contributed by atoms with Crippen molar-refractivity contribution in [3.63, 3.8) is 0 Å². The molecule has 0 saturated heterocycles. The van der Waals surface area contributed by atoms with E-state index in [1.807, 2.05) is 18.2 Å². The predicted octanol–water partition coefficient (Wildman–Crippen LogP) is 2.75. The number of aromatic nitrogens is 3. The Bertz CT molecular complexity index is 1200. The molecule has 0 aliphatic carbocycles. The van der Waals surface area contributed by atoms with E-state index in [2.05, 4.69) is 26.4 Å². The van der Waals surface area contributed by atoms with Crippen molar-refractivity contribution in [2.24, 2.45) is 0 Å². The number of carbonyl (C=O) groups is 1. The lowest BCUT2D eigenvalue weighted by atomic mass is 10.2. The number of hydrogen-bond donors (Lipinski definition) is 2. The summed E-state index contributed by atoms with van der Waals surface area (Å²) in [5, 5.41) is 11.2. The number of carbonyl (C=O) groups excluding carboxylic acids is 1. The molecule has 3 rings (SSSR count). The topological polar surface area (TPSA) is 106 Å². The van der Waals surface area contributed by atoms with Crippen LogP contribution in [0.2, 0.25) is 5.02 Å². The van der Waals surface area contributed by atoms with Crippen LogP contribution in [0, 0.1) is 12.3 Å². The maximum atomic E-state index is 12.4. The number of amides is 1. The molecular formula is C23H21ClN4O4. The van der Waals surface area contributed by atoms with Crippen LogP contribution in [0.25, 0.3) is 11.4 Å². The molecular weight excluding hydrogens is 432 g/mol. The molecule has 0 fully saturated rings. The van der Waals surface area contributed by atoms with Gasteiger partial charge in [0, 0.05) is 23.4 Å². The van der Waals surface area contributed by atoms with Crippen molar-refractivity contribution in [1.29, 1.82) is 0 Å². The number of halogens is 1. The Morgan fingerprint density at radius 1 is 1.22 bits per heavy atom. The van der Waals surface area contributed by atoms with Gasteiger partial charge in [-0.05, 0) is 35.9 Å². The summed E-state index contributed by atoms with van der Waals surface area (Å²) in [4.78, 5) is 26.7. The van der Waals surface area contributed by atoms with E-state index in [4.69, 9.17) is 27.5 Å². The van der Waals surface area contributed by atoms with Crippen LogP contribution < -0.4 is 20.3 Å². The second-order valence-corrected chi connectivity index (χ2v) is 7.15. The van der Waals surface area contributed by atoms with Crippen LogP contribution in [0.1, 0.15) is 17.7 Å². The first-order chi connectivity index (χ1) is 15.5. The van der Waals surface area contributed by atoms with Gasteiger partial charge in [-0.2, -0.15) is 0 Å². The lowest BCUT2D eigenvalue weighted by Gasteiger charge is -2.12. The molecule has 0 aliphatic heterocycles. The maximum Gasteiger partial charge on any atom is 0.273 e. The van der Waals surface area contributed by atoms with Gasteiger partial charge >= 0.3 is 0 Å². The lowest BCUT2D eigenvalue weighted by Crippen LogP contribution is -2.25. The molecule has 1 heterocycles. The second-order valence-electron chi connectivity index (χ2n) is 6.71. The minimum atomic E-state index is -0.417. The molecule has 1 amide bonds. The van der Waals surface area contributed by atoms with E-state index in [0.717, 1.165) is 5.56 Å². The molecule has 0 saturated carbocycles. The van der Waals surface area contributed by atoms with E-state index in [1.54, 1.807) is 24.3 Å². The molecule has 8 nitrogen and oxygen atoms in total. The molecule has 164 valence electrons. The molecule has 2 aromatic carbocycles. The summed E-state index contributed by atoms with van der Waals surface area (Å²) >= 11 is 6.00. The SMILES string of the molecule is C#CCNC(=O)CCc1nnc(-c2ccc(OCc3cccc(Cl)c3)c(OC)c2)[nH]c1=O. The summed E-state index contributed by atoms with van der Waals surface area (Å²) < 4.78 is 11.3. The molecule has 9 heteroatoms. The fourth-order valence-electron chi connectivity index (χ4n) is 2.85. The molecule has 32 heavy (non-hydrogen) atoms. The maximum absolute atomic E-state index is 12.4. The molecule has 3 aromatic rings. The molecule has 0 spiro atoms. The van der Waals surface area contributed by atoms with Gasteiger partial charge in [0.2, 0.25) is 5.91 Å². The van der Waals surface area contributed by atoms with Crippen LogP contribution in [0.3, 0.4) is 0 Å². The largest absolute Gasteiger partial charge is 0.493 e. The van der Waals surface area contributed by atoms with Crippen molar-refractivity contribution in [1.82, 2.24) is 20.5 Å². The third-order valence-corrected chi connectivity index (χ3v) is 4.70. The quantitative estimate of drug-likeness (QED) is 0.483. The van der Waals surface area contributed by atoms with Gasteiger partial charge in [-0.3, -0.25) is 9.59 Å². The van der Waals surface area contributed by atoms with Crippen LogP contribution in [0.4, 0.5) is 0 Å². The molecule has 1 aromatic heterocycles. The first kappa shape index (κ1) is 22.8. The summed E-state index contributed by atoms with van der Waals surface area (Å²) in [7, 11) is 1.52. The second kappa shape index (κ2) is 11.0. The highest BCUT2D eigenvalue weighted by molar-refractivity contribution is 6.30. The van der Waals surface area contributed by atoms with Crippen LogP contribution in [0.5, 0.6) is 11.5 Å². The van der Waals surface area contributed by atoms with E-state index >= 15 is 0 Å². The molecule has 0 bridgehead atoms. The zero-order valence-electron chi connectivity index (χ0n) is 17.4. The molecule has 0 radical (unpaired) electrons. The number of H-pyrrole nitrogens is 1. The Balaban J connectivity index is 1.71. The smallest absolute Gasteiger partial charge is 0.273 e. The van der Waals surface area contributed by atoms with Crippen molar-refractivity contribution >= 4 is 17.5 Å². The number of aryl methyl sites for hydroxylation is 1. The van der Waals surface area contributed by atoms with Crippen molar-refractivity contribution in [2.75, 3.05) is 13.7 Å². The minimum absolute atomic E-state index is 0.0886. The van der Waals surface area contributed by atoms with E-state index < -0.39 is 5.56 Å². The average molecular weight is 453 g/mol. The summed E-state index contributed by atoms with van der Waals surface area (Å²) in [5.74, 6) is 3.33. The fraction of sp³-hybridized carbons (Fsp3) is 0.217. The summed E-state index contributed by atoms with van der Waals surface area (Å²) in [6.07, 6.45) is 5.34. The van der Waals surface area contributed by atoms with Gasteiger partial charge in [0.15, 0.2) is 17.3 Å². The average Bonchev–Trinajstić information content (AvgIpc) is 2.80. The van der Waals surface area contributed by atoms with Crippen molar-refractivity contribution < 1.29 is 14.3 Å². The van der Waals surface area contributed by atoms with Gasteiger partial charge < -0.3 is 19.8 Å². The van der Waals surface area contributed by atoms with Crippen LogP contribution >= 0.6 is 11.6 Å². The van der Waals surface area contributed by atoms with Gasteiger partial charge in [-0.25, -0.2) is 0 Å². The van der Waals surface area contributed by atoms with Crippen molar-refractivity contribution in [2.45, 2.75) is 19.4 Å². The summed E-state index contributed by atoms with van der Waals surface area (Å²) in [5.41, 5.74) is 1.26. The zero-order valence-corrected chi connectivity index (χ0v) is 18.1. The van der Waals surface area contributed by atoms with E-state index in [9.17, 15) is 9.59 Å². The first-order valence-corrected chi connectivity index (χ1v) is 10.1. The summed E-state index contributed by atoms with van der Waals surface area (Å²) in [6.45, 7) is 0.455. The standard InChI is InChI=1S/C23H21ClN4O4/c1-3-11-25-21(29)10-8-18-23(30)26-22(28-27-18)16-7-9-19(20(13-16)31-2)32-14-15-5-4-6-17(24)12-15/h1,4-7,9,12-13H,8,10-11,14H2,2H3,(H,25,29)(H,26,28,30). The van der Waals surface area contributed by atoms with E-state index in [-0.39, 0.29) is 36.8 Å². The number of aromatic amines is 1. The number of benzene rings is 2. The number of ether oxygens (including phenoxy) is 2. The molecule has 2 N–H and O–H groups in total. The highest BCUT2D eigenvalue weighted by Crippen LogP contribution is 2.31. The van der Waals surface area contributed by atoms with Crippen LogP contribution in [-0.2, 0) is 17.8 Å². The van der Waals surface area contributed by atoms with E-state index in [1.165, 1.54) is 7.11 Å². The number of hydrogen-bond acceptors (Lipinski definition) is 6. The third kappa shape index (κ3) is 6.09. The van der Waals surface area contributed by atoms with Gasteiger partial charge in [0.1, 0.15) is 12.3 Å². The Kier molecular flexibility index (Phi) is 7.84. The van der Waals surface area contributed by atoms with Gasteiger partial charge in [-0.1, -0.05) is 29.7 Å². The lowest BCUT2D eigenvalue weighted by molar-refractivity contribution is -0.120. The van der Waals surface area contributed by atoms with Gasteiger partial charge in [-0.15, -0.1) is 16.6 Å². The number of methoxy groups -OCH3 is 1. The Labute approximate surface area is 189 Å². The number of nitrogens with one attached hydrogen (secondary N) is 2. The van der Waals surface area contributed by atoms with Crippen LogP contribution in [0.15, 0.2) is 47.3 Å². The first-order valence-electron chi connectivity index (χ1n) is 9.72. The van der Waals surface area contributed by atoms with Gasteiger partial charge in [0.05, 0.1) is 13.7 Å². The Hall–Kier alpha value is -3.83. The number of terminal acetylenes is 1. The third-order valence-electron chi connectivity index (χ3n) is 4.46. The van der Waals surface area contributed by atoms with Crippen molar-refractivity contribution in [3.05, 3.63) is 69.1 Å². The number of rotatable bonds is 9. The highest BCUT2D eigenvalue weighted by atomic mass is 35.5. The monoisotopic (exact) mass is 452 g/mol. The number of nitrogens with zero attached hydrogens (tertiary/aromatic N) is 2. The molecule has 0 aliphatic rings. The molecule has 0 atom stereocenters. The van der Waals surface area contributed by atoms with Gasteiger partial charge in [0.25, 0.3) is 5.56 Å². The highest BCUT2D eigenvalue weighted by Gasteiger charge is 2.12. The minimum Gasteiger partial charge on any atom is -0.493 e. The van der Waals surface area contributed by atoms with Crippen molar-refractivity contribution in [3.8, 4) is 35.2 Å². The fourth-order valence-corrected chi connectivity index (χ4v) is 3.06. The van der Waals surface area contributed by atoms with E-state index in [0.29, 0.717) is 28.7 Å².